The molecule has 0 atom stereocenters. The smallest absolute Gasteiger partial charge is 0.271 e. The Balaban J connectivity index is 1.87. The number of nitrogens with zero attached hydrogens (tertiary/aromatic N) is 1. The molecule has 1 aromatic rings. The van der Waals surface area contributed by atoms with Crippen molar-refractivity contribution in [2.75, 3.05) is 11.9 Å². The van der Waals surface area contributed by atoms with Gasteiger partial charge in [0.15, 0.2) is 0 Å². The first-order chi connectivity index (χ1) is 9.16. The van der Waals surface area contributed by atoms with E-state index in [4.69, 9.17) is 0 Å². The van der Waals surface area contributed by atoms with Gasteiger partial charge in [-0.3, -0.25) is 10.1 Å². The fraction of sp³-hybridized carbons (Fsp3) is 0.571. The Morgan fingerprint density at radius 2 is 2.05 bits per heavy atom. The lowest BCUT2D eigenvalue weighted by atomic mass is 9.87. The van der Waals surface area contributed by atoms with Gasteiger partial charge in [0, 0.05) is 18.7 Å². The fourth-order valence-corrected chi connectivity index (χ4v) is 2.65. The van der Waals surface area contributed by atoms with Crippen LogP contribution in [-0.2, 0) is 0 Å². The van der Waals surface area contributed by atoms with E-state index >= 15 is 0 Å². The molecule has 0 amide bonds. The fourth-order valence-electron chi connectivity index (χ4n) is 2.65. The van der Waals surface area contributed by atoms with Crippen molar-refractivity contribution in [3.8, 4) is 0 Å². The lowest BCUT2D eigenvalue weighted by Crippen LogP contribution is -2.12. The van der Waals surface area contributed by atoms with Crippen LogP contribution in [0.4, 0.5) is 15.8 Å². The maximum Gasteiger partial charge on any atom is 0.271 e. The zero-order valence-corrected chi connectivity index (χ0v) is 10.9. The minimum absolute atomic E-state index is 0.0819. The highest BCUT2D eigenvalue weighted by molar-refractivity contribution is 5.52. The number of nitro groups is 1. The molecule has 1 N–H and O–H groups in total. The molecule has 2 rings (SSSR count). The van der Waals surface area contributed by atoms with Gasteiger partial charge in [-0.05, 0) is 18.4 Å². The Labute approximate surface area is 112 Å². The van der Waals surface area contributed by atoms with Crippen LogP contribution in [0.25, 0.3) is 0 Å². The van der Waals surface area contributed by atoms with Gasteiger partial charge >= 0.3 is 0 Å². The largest absolute Gasteiger partial charge is 0.382 e. The van der Waals surface area contributed by atoms with Gasteiger partial charge in [0.25, 0.3) is 5.69 Å². The van der Waals surface area contributed by atoms with Crippen LogP contribution in [0.2, 0.25) is 0 Å². The maximum absolute atomic E-state index is 13.5. The summed E-state index contributed by atoms with van der Waals surface area (Å²) in [6.07, 6.45) is 7.40. The zero-order chi connectivity index (χ0) is 13.7. The van der Waals surface area contributed by atoms with E-state index in [-0.39, 0.29) is 11.4 Å². The number of benzene rings is 1. The van der Waals surface area contributed by atoms with Gasteiger partial charge in [-0.15, -0.1) is 0 Å². The zero-order valence-electron chi connectivity index (χ0n) is 10.9. The standard InChI is InChI=1S/C14H19FN2O2/c15-13-7-6-12(17(18)19)10-14(13)16-9-8-11-4-2-1-3-5-11/h6-7,10-11,16H,1-5,8-9H2. The van der Waals surface area contributed by atoms with Crippen LogP contribution in [-0.4, -0.2) is 11.5 Å². The predicted octanol–water partition coefficient (Wildman–Crippen LogP) is 4.12. The quantitative estimate of drug-likeness (QED) is 0.644. The number of non-ortho nitro benzene ring substituents is 1. The summed E-state index contributed by atoms with van der Waals surface area (Å²) in [5.74, 6) is 0.275. The van der Waals surface area contributed by atoms with E-state index in [9.17, 15) is 14.5 Å². The van der Waals surface area contributed by atoms with Crippen LogP contribution in [0.5, 0.6) is 0 Å². The monoisotopic (exact) mass is 266 g/mol. The molecular weight excluding hydrogens is 247 g/mol. The summed E-state index contributed by atoms with van der Waals surface area (Å²) in [5.41, 5.74) is 0.145. The van der Waals surface area contributed by atoms with E-state index in [0.717, 1.165) is 12.5 Å². The summed E-state index contributed by atoms with van der Waals surface area (Å²) in [6, 6.07) is 3.58. The van der Waals surface area contributed by atoms with Crippen LogP contribution >= 0.6 is 0 Å². The van der Waals surface area contributed by atoms with Gasteiger partial charge in [-0.25, -0.2) is 4.39 Å². The van der Waals surface area contributed by atoms with Gasteiger partial charge in [-0.1, -0.05) is 32.1 Å². The Bertz CT molecular complexity index is 445. The van der Waals surface area contributed by atoms with Crippen molar-refractivity contribution >= 4 is 11.4 Å². The van der Waals surface area contributed by atoms with Gasteiger partial charge in [0.1, 0.15) is 5.82 Å². The SMILES string of the molecule is O=[N+]([O-])c1ccc(F)c(NCCC2CCCCC2)c1. The predicted molar refractivity (Wildman–Crippen MR) is 72.7 cm³/mol. The second-order valence-corrected chi connectivity index (χ2v) is 5.14. The number of nitrogens with one attached hydrogen (secondary N) is 1. The number of nitro benzene ring substituents is 1. The summed E-state index contributed by atoms with van der Waals surface area (Å²) in [7, 11) is 0. The second kappa shape index (κ2) is 6.50. The third-order valence-corrected chi connectivity index (χ3v) is 3.75. The van der Waals surface area contributed by atoms with E-state index in [2.05, 4.69) is 5.32 Å². The van der Waals surface area contributed by atoms with E-state index in [1.165, 1.54) is 44.2 Å². The number of hydrogen-bond acceptors (Lipinski definition) is 3. The Hall–Kier alpha value is -1.65. The van der Waals surface area contributed by atoms with Crippen LogP contribution in [0, 0.1) is 21.8 Å². The topological polar surface area (TPSA) is 55.2 Å². The highest BCUT2D eigenvalue weighted by Gasteiger charge is 2.14. The van der Waals surface area contributed by atoms with Crippen LogP contribution in [0.1, 0.15) is 38.5 Å². The molecule has 4 nitrogen and oxygen atoms in total. The third-order valence-electron chi connectivity index (χ3n) is 3.75. The van der Waals surface area contributed by atoms with E-state index < -0.39 is 10.7 Å². The average Bonchev–Trinajstić information content (AvgIpc) is 2.42. The second-order valence-electron chi connectivity index (χ2n) is 5.14. The van der Waals surface area contributed by atoms with Crippen molar-refractivity contribution in [3.05, 3.63) is 34.1 Å². The summed E-state index contributed by atoms with van der Waals surface area (Å²) >= 11 is 0. The summed E-state index contributed by atoms with van der Waals surface area (Å²) in [5, 5.41) is 13.6. The van der Waals surface area contributed by atoms with E-state index in [0.29, 0.717) is 12.5 Å². The third kappa shape index (κ3) is 3.91. The van der Waals surface area contributed by atoms with Crippen LogP contribution < -0.4 is 5.32 Å². The van der Waals surface area contributed by atoms with Crippen molar-refractivity contribution in [1.82, 2.24) is 0 Å². The van der Waals surface area contributed by atoms with Crippen molar-refractivity contribution in [2.45, 2.75) is 38.5 Å². The molecule has 0 saturated heterocycles. The molecule has 5 heteroatoms. The van der Waals surface area contributed by atoms with Crippen LogP contribution in [0.15, 0.2) is 18.2 Å². The van der Waals surface area contributed by atoms with Gasteiger partial charge < -0.3 is 5.32 Å². The van der Waals surface area contributed by atoms with Crippen LogP contribution in [0.3, 0.4) is 0 Å². The summed E-state index contributed by atoms with van der Waals surface area (Å²) in [6.45, 7) is 0.669. The first kappa shape index (κ1) is 13.8. The molecule has 0 aliphatic heterocycles. The molecule has 1 aliphatic rings. The summed E-state index contributed by atoms with van der Waals surface area (Å²) in [4.78, 5) is 10.1. The molecule has 19 heavy (non-hydrogen) atoms. The Morgan fingerprint density at radius 3 is 2.74 bits per heavy atom. The molecule has 0 bridgehead atoms. The number of rotatable bonds is 5. The molecule has 1 fully saturated rings. The first-order valence-corrected chi connectivity index (χ1v) is 6.84. The first-order valence-electron chi connectivity index (χ1n) is 6.84. The number of halogens is 1. The highest BCUT2D eigenvalue weighted by Crippen LogP contribution is 2.27. The minimum atomic E-state index is -0.508. The van der Waals surface area contributed by atoms with Crippen molar-refractivity contribution < 1.29 is 9.31 Å². The minimum Gasteiger partial charge on any atom is -0.382 e. The summed E-state index contributed by atoms with van der Waals surface area (Å²) < 4.78 is 13.5. The van der Waals surface area contributed by atoms with Crippen molar-refractivity contribution in [3.63, 3.8) is 0 Å². The molecule has 104 valence electrons. The van der Waals surface area contributed by atoms with E-state index in [1.807, 2.05) is 0 Å². The normalized spacial score (nSPS) is 16.3. The molecule has 0 unspecified atom stereocenters. The number of hydrogen-bond donors (Lipinski definition) is 1. The maximum atomic E-state index is 13.5. The molecule has 0 aromatic heterocycles. The molecule has 0 radical (unpaired) electrons. The van der Waals surface area contributed by atoms with Crippen molar-refractivity contribution in [1.29, 1.82) is 0 Å². The van der Waals surface area contributed by atoms with E-state index in [1.54, 1.807) is 0 Å². The lowest BCUT2D eigenvalue weighted by Gasteiger charge is -2.21. The molecule has 0 spiro atoms. The average molecular weight is 266 g/mol. The highest BCUT2D eigenvalue weighted by atomic mass is 19.1. The lowest BCUT2D eigenvalue weighted by molar-refractivity contribution is -0.384. The molecular formula is C14H19FN2O2. The van der Waals surface area contributed by atoms with Crippen molar-refractivity contribution in [2.24, 2.45) is 5.92 Å². The Kier molecular flexibility index (Phi) is 4.71. The molecule has 1 aliphatic carbocycles. The van der Waals surface area contributed by atoms with Gasteiger partial charge in [-0.2, -0.15) is 0 Å². The molecule has 0 heterocycles. The molecule has 1 aromatic carbocycles. The van der Waals surface area contributed by atoms with Gasteiger partial charge in [0.2, 0.25) is 0 Å². The van der Waals surface area contributed by atoms with Gasteiger partial charge in [0.05, 0.1) is 10.6 Å². The number of anilines is 1. The molecule has 1 saturated carbocycles. The Morgan fingerprint density at radius 1 is 1.32 bits per heavy atom.